The number of rotatable bonds is 12. The van der Waals surface area contributed by atoms with E-state index < -0.39 is 5.92 Å². The summed E-state index contributed by atoms with van der Waals surface area (Å²) < 4.78 is 12.8. The molecule has 0 spiro atoms. The molecule has 36 heavy (non-hydrogen) atoms. The predicted octanol–water partition coefficient (Wildman–Crippen LogP) is 7.69. The van der Waals surface area contributed by atoms with E-state index in [2.05, 4.69) is 19.1 Å². The minimum Gasteiger partial charge on any atom is -0.488 e. The Hall–Kier alpha value is -3.40. The quantitative estimate of drug-likeness (QED) is 0.247. The van der Waals surface area contributed by atoms with Crippen molar-refractivity contribution in [3.8, 4) is 11.5 Å². The first-order chi connectivity index (χ1) is 17.6. The van der Waals surface area contributed by atoms with Gasteiger partial charge in [-0.1, -0.05) is 80.9 Å². The third kappa shape index (κ3) is 6.23. The monoisotopic (exact) mass is 484 g/mol. The summed E-state index contributed by atoms with van der Waals surface area (Å²) in [5.74, 6) is 0.548. The number of ether oxygens (including phenoxy) is 2. The summed E-state index contributed by atoms with van der Waals surface area (Å²) in [7, 11) is 0. The molecule has 0 radical (unpaired) electrons. The molecular weight excluding hydrogens is 448 g/mol. The van der Waals surface area contributed by atoms with Crippen LogP contribution in [0.5, 0.6) is 11.5 Å². The second kappa shape index (κ2) is 12.5. The van der Waals surface area contributed by atoms with Crippen LogP contribution in [-0.2, 0) is 17.8 Å². The average molecular weight is 485 g/mol. The maximum Gasteiger partial charge on any atom is 0.177 e. The fourth-order valence-corrected chi connectivity index (χ4v) is 4.89. The van der Waals surface area contributed by atoms with Crippen molar-refractivity contribution in [2.45, 2.75) is 71.5 Å². The second-order valence-corrected chi connectivity index (χ2v) is 9.56. The van der Waals surface area contributed by atoms with Crippen molar-refractivity contribution in [2.75, 3.05) is 0 Å². The third-order valence-electron chi connectivity index (χ3n) is 6.81. The zero-order chi connectivity index (χ0) is 25.3. The fraction of sp³-hybridized carbons (Fsp3) is 0.375. The Morgan fingerprint density at radius 3 is 2.39 bits per heavy atom. The van der Waals surface area contributed by atoms with E-state index in [1.165, 1.54) is 0 Å². The minimum absolute atomic E-state index is 0.0335. The van der Waals surface area contributed by atoms with Crippen LogP contribution < -0.4 is 9.47 Å². The number of aryl methyl sites for hydroxylation is 1. The van der Waals surface area contributed by atoms with Gasteiger partial charge in [0.1, 0.15) is 30.0 Å². The maximum atomic E-state index is 13.5. The molecule has 0 bridgehead atoms. The highest BCUT2D eigenvalue weighted by Crippen LogP contribution is 2.39. The molecule has 0 amide bonds. The van der Waals surface area contributed by atoms with Crippen LogP contribution in [0.15, 0.2) is 72.8 Å². The van der Waals surface area contributed by atoms with Crippen molar-refractivity contribution in [3.63, 3.8) is 0 Å². The zero-order valence-corrected chi connectivity index (χ0v) is 21.4. The SMILES string of the molecule is CCCCC(Oc1cc2c(c(OCc3ccccc3)c1)C(=O)C(C(=O)CCC)CC2)c1ccccc1. The molecule has 2 unspecified atom stereocenters. The van der Waals surface area contributed by atoms with Gasteiger partial charge in [-0.2, -0.15) is 0 Å². The number of hydrogen-bond donors (Lipinski definition) is 0. The number of carbonyl (C=O) groups excluding carboxylic acids is 2. The molecule has 0 saturated carbocycles. The summed E-state index contributed by atoms with van der Waals surface area (Å²) in [6.07, 6.45) is 5.36. The largest absolute Gasteiger partial charge is 0.488 e. The van der Waals surface area contributed by atoms with Crippen LogP contribution in [0.25, 0.3) is 0 Å². The first kappa shape index (κ1) is 25.7. The summed E-state index contributed by atoms with van der Waals surface area (Å²) in [5.41, 5.74) is 3.61. The molecule has 4 heteroatoms. The maximum absolute atomic E-state index is 13.5. The van der Waals surface area contributed by atoms with E-state index in [9.17, 15) is 9.59 Å². The Morgan fingerprint density at radius 1 is 0.972 bits per heavy atom. The summed E-state index contributed by atoms with van der Waals surface area (Å²) in [4.78, 5) is 26.2. The van der Waals surface area contributed by atoms with Crippen LogP contribution in [0.2, 0.25) is 0 Å². The summed E-state index contributed by atoms with van der Waals surface area (Å²) in [6, 6.07) is 24.0. The van der Waals surface area contributed by atoms with Crippen molar-refractivity contribution in [1.82, 2.24) is 0 Å². The van der Waals surface area contributed by atoms with Crippen molar-refractivity contribution < 1.29 is 19.1 Å². The average Bonchev–Trinajstić information content (AvgIpc) is 2.91. The molecule has 1 aliphatic carbocycles. The Kier molecular flexibility index (Phi) is 8.94. The smallest absolute Gasteiger partial charge is 0.177 e. The van der Waals surface area contributed by atoms with E-state index in [-0.39, 0.29) is 17.7 Å². The molecule has 0 N–H and O–H groups in total. The first-order valence-electron chi connectivity index (χ1n) is 13.2. The zero-order valence-electron chi connectivity index (χ0n) is 21.4. The van der Waals surface area contributed by atoms with E-state index in [0.29, 0.717) is 42.9 Å². The van der Waals surface area contributed by atoms with E-state index in [1.54, 1.807) is 0 Å². The van der Waals surface area contributed by atoms with Crippen molar-refractivity contribution in [3.05, 3.63) is 95.1 Å². The van der Waals surface area contributed by atoms with Gasteiger partial charge in [-0.3, -0.25) is 9.59 Å². The van der Waals surface area contributed by atoms with E-state index in [0.717, 1.165) is 42.4 Å². The van der Waals surface area contributed by atoms with Gasteiger partial charge >= 0.3 is 0 Å². The minimum atomic E-state index is -0.579. The molecule has 0 aromatic heterocycles. The summed E-state index contributed by atoms with van der Waals surface area (Å²) in [6.45, 7) is 4.49. The molecule has 0 saturated heterocycles. The Bertz CT molecular complexity index is 1150. The van der Waals surface area contributed by atoms with Gasteiger partial charge in [0.25, 0.3) is 0 Å². The highest BCUT2D eigenvalue weighted by Gasteiger charge is 2.35. The highest BCUT2D eigenvalue weighted by molar-refractivity contribution is 6.13. The standard InChI is InChI=1S/C32H36O4/c1-3-5-17-29(24-15-10-7-11-16-24)36-26-20-25-18-19-27(28(33)12-4-2)32(34)31(25)30(21-26)35-22-23-13-8-6-9-14-23/h6-11,13-16,20-21,27,29H,3-5,12,17-19,22H2,1-2H3. The molecule has 0 fully saturated rings. The molecule has 1 aliphatic rings. The normalized spacial score (nSPS) is 15.7. The number of benzene rings is 3. The van der Waals surface area contributed by atoms with Gasteiger partial charge < -0.3 is 9.47 Å². The summed E-state index contributed by atoms with van der Waals surface area (Å²) in [5, 5.41) is 0. The van der Waals surface area contributed by atoms with Crippen molar-refractivity contribution in [2.24, 2.45) is 5.92 Å². The lowest BCUT2D eigenvalue weighted by molar-refractivity contribution is -0.121. The predicted molar refractivity (Wildman–Crippen MR) is 143 cm³/mol. The molecule has 0 aliphatic heterocycles. The Balaban J connectivity index is 1.67. The molecule has 3 aromatic rings. The van der Waals surface area contributed by atoms with Gasteiger partial charge in [-0.25, -0.2) is 0 Å². The van der Waals surface area contributed by atoms with Gasteiger partial charge in [0, 0.05) is 12.5 Å². The van der Waals surface area contributed by atoms with Gasteiger partial charge in [0.05, 0.1) is 11.5 Å². The number of Topliss-reactive ketones (excluding diaryl/α,β-unsaturated/α-hetero) is 2. The highest BCUT2D eigenvalue weighted by atomic mass is 16.5. The Morgan fingerprint density at radius 2 is 1.69 bits per heavy atom. The molecule has 4 rings (SSSR count). The van der Waals surface area contributed by atoms with Crippen LogP contribution in [0.4, 0.5) is 0 Å². The molecule has 4 nitrogen and oxygen atoms in total. The molecular formula is C32H36O4. The van der Waals surface area contributed by atoms with Crippen LogP contribution in [0.1, 0.15) is 85.5 Å². The number of hydrogen-bond acceptors (Lipinski definition) is 4. The van der Waals surface area contributed by atoms with Crippen molar-refractivity contribution >= 4 is 11.6 Å². The lowest BCUT2D eigenvalue weighted by Crippen LogP contribution is -2.30. The molecule has 0 heterocycles. The van der Waals surface area contributed by atoms with Gasteiger partial charge in [-0.15, -0.1) is 0 Å². The number of ketones is 2. The first-order valence-corrected chi connectivity index (χ1v) is 13.2. The fourth-order valence-electron chi connectivity index (χ4n) is 4.89. The number of fused-ring (bicyclic) bond motifs is 1. The summed E-state index contributed by atoms with van der Waals surface area (Å²) >= 11 is 0. The molecule has 3 aromatic carbocycles. The lowest BCUT2D eigenvalue weighted by Gasteiger charge is -2.27. The van der Waals surface area contributed by atoms with Crippen LogP contribution in [-0.4, -0.2) is 11.6 Å². The topological polar surface area (TPSA) is 52.6 Å². The van der Waals surface area contributed by atoms with E-state index >= 15 is 0 Å². The lowest BCUT2D eigenvalue weighted by atomic mass is 9.79. The van der Waals surface area contributed by atoms with E-state index in [1.807, 2.05) is 67.6 Å². The second-order valence-electron chi connectivity index (χ2n) is 9.56. The number of unbranched alkanes of at least 4 members (excludes halogenated alkanes) is 1. The van der Waals surface area contributed by atoms with Crippen molar-refractivity contribution in [1.29, 1.82) is 0 Å². The van der Waals surface area contributed by atoms with E-state index in [4.69, 9.17) is 9.47 Å². The van der Waals surface area contributed by atoms with Gasteiger partial charge in [0.15, 0.2) is 5.78 Å². The van der Waals surface area contributed by atoms with Crippen LogP contribution in [0.3, 0.4) is 0 Å². The molecule has 2 atom stereocenters. The van der Waals surface area contributed by atoms with Crippen LogP contribution >= 0.6 is 0 Å². The number of carbonyl (C=O) groups is 2. The van der Waals surface area contributed by atoms with Gasteiger partial charge in [0.2, 0.25) is 0 Å². The third-order valence-corrected chi connectivity index (χ3v) is 6.81. The van der Waals surface area contributed by atoms with Crippen LogP contribution in [0, 0.1) is 5.92 Å². The Labute approximate surface area is 214 Å². The van der Waals surface area contributed by atoms with Gasteiger partial charge in [-0.05, 0) is 54.9 Å². The molecule has 188 valence electrons.